The Bertz CT molecular complexity index is 1460. The van der Waals surface area contributed by atoms with E-state index < -0.39 is 17.1 Å². The molecular weight excluding hydrogens is 368 g/mol. The molecular formula is C22H14N4O3. The van der Waals surface area contributed by atoms with Gasteiger partial charge in [-0.2, -0.15) is 0 Å². The number of rotatable bonds is 2. The van der Waals surface area contributed by atoms with Crippen LogP contribution in [0.4, 0.5) is 5.69 Å². The zero-order valence-electron chi connectivity index (χ0n) is 15.0. The van der Waals surface area contributed by atoms with Crippen LogP contribution < -0.4 is 11.2 Å². The van der Waals surface area contributed by atoms with Crippen LogP contribution in [0.2, 0.25) is 0 Å². The number of para-hydroxylation sites is 1. The fraction of sp³-hybridized carbons (Fsp3) is 0. The van der Waals surface area contributed by atoms with Crippen LogP contribution in [0.15, 0.2) is 75.4 Å². The lowest BCUT2D eigenvalue weighted by atomic mass is 10.1. The minimum atomic E-state index is -0.730. The Morgan fingerprint density at radius 3 is 2.76 bits per heavy atom. The highest BCUT2D eigenvalue weighted by atomic mass is 16.3. The molecule has 0 radical (unpaired) electrons. The third kappa shape index (κ3) is 2.68. The molecule has 4 aromatic rings. The van der Waals surface area contributed by atoms with Crippen molar-refractivity contribution in [3.8, 4) is 11.6 Å². The van der Waals surface area contributed by atoms with Gasteiger partial charge in [0.05, 0.1) is 16.9 Å². The summed E-state index contributed by atoms with van der Waals surface area (Å²) >= 11 is 0. The van der Waals surface area contributed by atoms with Crippen molar-refractivity contribution < 1.29 is 5.11 Å². The quantitative estimate of drug-likeness (QED) is 0.556. The number of pyridine rings is 1. The molecule has 0 saturated carbocycles. The first-order valence-electron chi connectivity index (χ1n) is 8.91. The minimum absolute atomic E-state index is 0.0244. The molecule has 1 aliphatic heterocycles. The Labute approximate surface area is 164 Å². The number of hydrogen-bond donors (Lipinski definition) is 2. The van der Waals surface area contributed by atoms with Crippen LogP contribution in [-0.2, 0) is 0 Å². The van der Waals surface area contributed by atoms with E-state index in [0.29, 0.717) is 22.2 Å². The first kappa shape index (κ1) is 16.9. The van der Waals surface area contributed by atoms with Gasteiger partial charge in [0.15, 0.2) is 0 Å². The number of fused-ring (bicyclic) bond motifs is 2. The molecule has 0 atom stereocenters. The predicted octanol–water partition coefficient (Wildman–Crippen LogP) is 3.04. The second-order valence-electron chi connectivity index (χ2n) is 6.55. The molecule has 1 aliphatic rings. The largest absolute Gasteiger partial charge is 0.494 e. The smallest absolute Gasteiger partial charge is 0.335 e. The normalized spacial score (nSPS) is 13.9. The van der Waals surface area contributed by atoms with Gasteiger partial charge >= 0.3 is 5.69 Å². The molecule has 140 valence electrons. The molecule has 0 saturated heterocycles. The average molecular weight is 382 g/mol. The van der Waals surface area contributed by atoms with Crippen molar-refractivity contribution in [2.75, 3.05) is 0 Å². The molecule has 3 heterocycles. The van der Waals surface area contributed by atoms with Crippen LogP contribution in [0.3, 0.4) is 0 Å². The number of allylic oxidation sites excluding steroid dienone is 1. The SMILES string of the molecule is O=c1[nH]c(=O)n(-c2cccc3ncccc23)c(O)c1/C=C1\C=Nc2ccccc21. The number of nitrogens with zero attached hydrogens (tertiary/aromatic N) is 3. The van der Waals surface area contributed by atoms with E-state index in [9.17, 15) is 14.7 Å². The van der Waals surface area contributed by atoms with Crippen LogP contribution >= 0.6 is 0 Å². The summed E-state index contributed by atoms with van der Waals surface area (Å²) in [7, 11) is 0. The van der Waals surface area contributed by atoms with Crippen LogP contribution in [0.1, 0.15) is 11.1 Å². The summed E-state index contributed by atoms with van der Waals surface area (Å²) < 4.78 is 1.08. The molecule has 0 spiro atoms. The molecule has 29 heavy (non-hydrogen) atoms. The fourth-order valence-electron chi connectivity index (χ4n) is 3.48. The van der Waals surface area contributed by atoms with E-state index in [1.807, 2.05) is 24.3 Å². The molecule has 5 rings (SSSR count). The van der Waals surface area contributed by atoms with E-state index in [1.54, 1.807) is 42.7 Å². The Morgan fingerprint density at radius 2 is 1.86 bits per heavy atom. The van der Waals surface area contributed by atoms with Crippen molar-refractivity contribution in [1.82, 2.24) is 14.5 Å². The monoisotopic (exact) mass is 382 g/mol. The van der Waals surface area contributed by atoms with Crippen molar-refractivity contribution in [3.05, 3.63) is 92.8 Å². The number of benzene rings is 2. The molecule has 7 nitrogen and oxygen atoms in total. The summed E-state index contributed by atoms with van der Waals surface area (Å²) in [6.07, 6.45) is 4.80. The van der Waals surface area contributed by atoms with Gasteiger partial charge in [-0.05, 0) is 36.4 Å². The number of aromatic hydroxyl groups is 1. The van der Waals surface area contributed by atoms with Crippen molar-refractivity contribution in [1.29, 1.82) is 0 Å². The highest BCUT2D eigenvalue weighted by Gasteiger charge is 2.18. The van der Waals surface area contributed by atoms with Gasteiger partial charge in [-0.15, -0.1) is 0 Å². The summed E-state index contributed by atoms with van der Waals surface area (Å²) in [6, 6.07) is 16.3. The first-order chi connectivity index (χ1) is 14.1. The highest BCUT2D eigenvalue weighted by molar-refractivity contribution is 6.21. The summed E-state index contributed by atoms with van der Waals surface area (Å²) in [5.74, 6) is -0.444. The summed E-state index contributed by atoms with van der Waals surface area (Å²) in [6.45, 7) is 0. The zero-order chi connectivity index (χ0) is 20.0. The summed E-state index contributed by atoms with van der Waals surface area (Å²) in [5.41, 5.74) is 1.96. The van der Waals surface area contributed by atoms with E-state index >= 15 is 0 Å². The molecule has 2 aromatic carbocycles. The van der Waals surface area contributed by atoms with Gasteiger partial charge in [-0.25, -0.2) is 9.36 Å². The summed E-state index contributed by atoms with van der Waals surface area (Å²) in [4.78, 5) is 35.9. The Balaban J connectivity index is 1.77. The maximum absolute atomic E-state index is 12.6. The molecule has 0 unspecified atom stereocenters. The van der Waals surface area contributed by atoms with Crippen molar-refractivity contribution in [2.24, 2.45) is 4.99 Å². The maximum Gasteiger partial charge on any atom is 0.335 e. The maximum atomic E-state index is 12.6. The van der Waals surface area contributed by atoms with Gasteiger partial charge in [0.1, 0.15) is 5.56 Å². The second kappa shape index (κ2) is 6.42. The van der Waals surface area contributed by atoms with Gasteiger partial charge in [0.25, 0.3) is 5.56 Å². The lowest BCUT2D eigenvalue weighted by Crippen LogP contribution is -2.30. The fourth-order valence-corrected chi connectivity index (χ4v) is 3.48. The Morgan fingerprint density at radius 1 is 1.00 bits per heavy atom. The molecule has 2 N–H and O–H groups in total. The number of H-pyrrole nitrogens is 1. The lowest BCUT2D eigenvalue weighted by Gasteiger charge is -2.12. The summed E-state index contributed by atoms with van der Waals surface area (Å²) in [5, 5.41) is 11.6. The van der Waals surface area contributed by atoms with E-state index in [1.165, 1.54) is 6.08 Å². The molecule has 0 aliphatic carbocycles. The standard InChI is InChI=1S/C22H14N4O3/c27-20-16(11-13-12-24-17-7-2-1-5-14(13)17)21(28)26(22(29)25-20)19-9-3-8-18-15(19)6-4-10-23-18/h1-12,28H,(H,25,27,29)/b13-11+. The topological polar surface area (TPSA) is 100 Å². The zero-order valence-corrected chi connectivity index (χ0v) is 15.0. The third-order valence-electron chi connectivity index (χ3n) is 4.84. The molecule has 0 amide bonds. The molecule has 0 bridgehead atoms. The number of aliphatic imine (C=N–C) groups is 1. The molecule has 2 aromatic heterocycles. The lowest BCUT2D eigenvalue weighted by molar-refractivity contribution is 0.430. The van der Waals surface area contributed by atoms with E-state index in [2.05, 4.69) is 15.0 Å². The van der Waals surface area contributed by atoms with Gasteiger partial charge in [0.2, 0.25) is 5.88 Å². The average Bonchev–Trinajstić information content (AvgIpc) is 3.14. The number of aromatic nitrogens is 3. The van der Waals surface area contributed by atoms with Crippen LogP contribution in [-0.4, -0.2) is 25.9 Å². The van der Waals surface area contributed by atoms with E-state index in [4.69, 9.17) is 0 Å². The van der Waals surface area contributed by atoms with Crippen LogP contribution in [0.5, 0.6) is 5.88 Å². The predicted molar refractivity (Wildman–Crippen MR) is 112 cm³/mol. The van der Waals surface area contributed by atoms with Gasteiger partial charge in [-0.1, -0.05) is 24.3 Å². The Hall–Kier alpha value is -4.26. The third-order valence-corrected chi connectivity index (χ3v) is 4.84. The molecule has 0 fully saturated rings. The van der Waals surface area contributed by atoms with E-state index in [-0.39, 0.29) is 5.56 Å². The minimum Gasteiger partial charge on any atom is -0.494 e. The number of hydrogen-bond acceptors (Lipinski definition) is 5. The molecule has 7 heteroatoms. The second-order valence-corrected chi connectivity index (χ2v) is 6.55. The first-order valence-corrected chi connectivity index (χ1v) is 8.91. The number of aromatic amines is 1. The van der Waals surface area contributed by atoms with Gasteiger partial charge in [0, 0.05) is 28.9 Å². The Kier molecular flexibility index (Phi) is 3.74. The van der Waals surface area contributed by atoms with Gasteiger partial charge in [-0.3, -0.25) is 19.8 Å². The van der Waals surface area contributed by atoms with E-state index in [0.717, 1.165) is 15.8 Å². The van der Waals surface area contributed by atoms with Crippen LogP contribution in [0.25, 0.3) is 28.2 Å². The van der Waals surface area contributed by atoms with Crippen molar-refractivity contribution in [2.45, 2.75) is 0 Å². The number of nitrogens with one attached hydrogen (secondary N) is 1. The van der Waals surface area contributed by atoms with Crippen molar-refractivity contribution in [3.63, 3.8) is 0 Å². The van der Waals surface area contributed by atoms with Crippen LogP contribution in [0, 0.1) is 0 Å². The van der Waals surface area contributed by atoms with Gasteiger partial charge < -0.3 is 5.11 Å². The highest BCUT2D eigenvalue weighted by Crippen LogP contribution is 2.33. The van der Waals surface area contributed by atoms with Crippen molar-refractivity contribution >= 4 is 34.5 Å².